The second kappa shape index (κ2) is 5.65. The molecule has 2 aromatic heterocycles. The van der Waals surface area contributed by atoms with E-state index in [0.29, 0.717) is 29.1 Å². The van der Waals surface area contributed by atoms with E-state index in [1.807, 2.05) is 23.1 Å². The fraction of sp³-hybridized carbons (Fsp3) is 0.389. The van der Waals surface area contributed by atoms with Crippen LogP contribution in [0.4, 0.5) is 0 Å². The predicted molar refractivity (Wildman–Crippen MR) is 86.2 cm³/mol. The van der Waals surface area contributed by atoms with E-state index in [1.165, 1.54) is 6.42 Å². The zero-order chi connectivity index (χ0) is 15.8. The zero-order valence-electron chi connectivity index (χ0n) is 13.1. The maximum atomic E-state index is 13.0. The van der Waals surface area contributed by atoms with E-state index in [1.54, 1.807) is 25.6 Å². The van der Waals surface area contributed by atoms with Crippen LogP contribution in [0.2, 0.25) is 0 Å². The van der Waals surface area contributed by atoms with Gasteiger partial charge >= 0.3 is 0 Å². The molecule has 5 heteroatoms. The molecule has 0 N–H and O–H groups in total. The highest BCUT2D eigenvalue weighted by atomic mass is 16.5. The molecule has 1 aliphatic carbocycles. The lowest BCUT2D eigenvalue weighted by Gasteiger charge is -2.27. The molecule has 2 fully saturated rings. The van der Waals surface area contributed by atoms with E-state index in [-0.39, 0.29) is 5.91 Å². The van der Waals surface area contributed by atoms with E-state index < -0.39 is 0 Å². The number of hydrogen-bond donors (Lipinski definition) is 0. The molecule has 2 atom stereocenters. The van der Waals surface area contributed by atoms with E-state index in [2.05, 4.69) is 9.97 Å². The van der Waals surface area contributed by atoms with Crippen LogP contribution >= 0.6 is 0 Å². The van der Waals surface area contributed by atoms with Crippen molar-refractivity contribution >= 4 is 5.91 Å². The molecule has 4 rings (SSSR count). The Morgan fingerprint density at radius 2 is 2.17 bits per heavy atom. The molecule has 1 saturated carbocycles. The molecule has 0 radical (unpaired) electrons. The molecule has 118 valence electrons. The lowest BCUT2D eigenvalue weighted by molar-refractivity contribution is 0.0704. The molecule has 1 aliphatic heterocycles. The summed E-state index contributed by atoms with van der Waals surface area (Å²) in [5.74, 6) is 1.33. The summed E-state index contributed by atoms with van der Waals surface area (Å²) < 4.78 is 5.09. The quantitative estimate of drug-likeness (QED) is 0.875. The van der Waals surface area contributed by atoms with Crippen LogP contribution in [0, 0.1) is 5.92 Å². The van der Waals surface area contributed by atoms with Gasteiger partial charge in [-0.2, -0.15) is 0 Å². The highest BCUT2D eigenvalue weighted by Crippen LogP contribution is 2.38. The average molecular weight is 309 g/mol. The van der Waals surface area contributed by atoms with Crippen LogP contribution in [0.15, 0.2) is 36.7 Å². The minimum absolute atomic E-state index is 0.0936. The maximum absolute atomic E-state index is 13.0. The van der Waals surface area contributed by atoms with Crippen molar-refractivity contribution in [3.8, 4) is 17.1 Å². The van der Waals surface area contributed by atoms with Gasteiger partial charge in [0.2, 0.25) is 5.88 Å². The number of fused-ring (bicyclic) bond motifs is 2. The molecule has 1 amide bonds. The Morgan fingerprint density at radius 1 is 1.26 bits per heavy atom. The maximum Gasteiger partial charge on any atom is 0.256 e. The van der Waals surface area contributed by atoms with Crippen LogP contribution < -0.4 is 4.74 Å². The van der Waals surface area contributed by atoms with Crippen LogP contribution in [0.5, 0.6) is 5.88 Å². The molecule has 0 unspecified atom stereocenters. The Morgan fingerprint density at radius 3 is 2.83 bits per heavy atom. The smallest absolute Gasteiger partial charge is 0.256 e. The number of carbonyl (C=O) groups is 1. The van der Waals surface area contributed by atoms with Gasteiger partial charge in [-0.3, -0.25) is 9.78 Å². The minimum atomic E-state index is 0.0936. The molecular formula is C18H19N3O2. The third kappa shape index (κ3) is 2.46. The molecule has 0 spiro atoms. The van der Waals surface area contributed by atoms with Crippen molar-refractivity contribution in [2.45, 2.75) is 25.3 Å². The average Bonchev–Trinajstić information content (AvgIpc) is 3.24. The summed E-state index contributed by atoms with van der Waals surface area (Å²) in [7, 11) is 1.58. The van der Waals surface area contributed by atoms with Gasteiger partial charge in [0.1, 0.15) is 0 Å². The number of piperidine rings is 1. The van der Waals surface area contributed by atoms with Crippen LogP contribution in [0.1, 0.15) is 29.6 Å². The minimum Gasteiger partial charge on any atom is -0.481 e. The summed E-state index contributed by atoms with van der Waals surface area (Å²) in [5, 5.41) is 0. The Bertz CT molecular complexity index is 729. The van der Waals surface area contributed by atoms with E-state index in [0.717, 1.165) is 24.9 Å². The number of likely N-dealkylation sites (tertiary alicyclic amines) is 1. The molecule has 2 bridgehead atoms. The third-order valence-electron chi connectivity index (χ3n) is 4.93. The topological polar surface area (TPSA) is 55.3 Å². The van der Waals surface area contributed by atoms with Crippen molar-refractivity contribution < 1.29 is 9.53 Å². The molecule has 1 saturated heterocycles. The number of aromatic nitrogens is 2. The summed E-state index contributed by atoms with van der Waals surface area (Å²) in [6, 6.07) is 7.77. The highest BCUT2D eigenvalue weighted by Gasteiger charge is 2.40. The first kappa shape index (κ1) is 14.2. The van der Waals surface area contributed by atoms with E-state index in [4.69, 9.17) is 4.74 Å². The molecule has 3 heterocycles. The number of hydrogen-bond acceptors (Lipinski definition) is 4. The van der Waals surface area contributed by atoms with Gasteiger partial charge in [-0.25, -0.2) is 4.98 Å². The third-order valence-corrected chi connectivity index (χ3v) is 4.93. The second-order valence-electron chi connectivity index (χ2n) is 6.28. The van der Waals surface area contributed by atoms with Crippen molar-refractivity contribution in [1.29, 1.82) is 0 Å². The first-order chi connectivity index (χ1) is 11.3. The van der Waals surface area contributed by atoms with Crippen molar-refractivity contribution in [3.05, 3.63) is 42.2 Å². The number of nitrogens with zero attached hydrogens (tertiary/aromatic N) is 3. The van der Waals surface area contributed by atoms with Gasteiger partial charge in [-0.1, -0.05) is 0 Å². The first-order valence-electron chi connectivity index (χ1n) is 8.02. The fourth-order valence-electron chi connectivity index (χ4n) is 3.78. The van der Waals surface area contributed by atoms with Crippen LogP contribution in [0.3, 0.4) is 0 Å². The summed E-state index contributed by atoms with van der Waals surface area (Å²) >= 11 is 0. The largest absolute Gasteiger partial charge is 0.481 e. The summed E-state index contributed by atoms with van der Waals surface area (Å²) in [5.41, 5.74) is 2.18. The van der Waals surface area contributed by atoms with Gasteiger partial charge in [0, 0.05) is 36.6 Å². The van der Waals surface area contributed by atoms with Crippen molar-refractivity contribution in [2.75, 3.05) is 13.7 Å². The number of ether oxygens (including phenoxy) is 1. The van der Waals surface area contributed by atoms with Gasteiger partial charge in [0.05, 0.1) is 18.4 Å². The van der Waals surface area contributed by atoms with Gasteiger partial charge in [0.15, 0.2) is 0 Å². The molecule has 5 nitrogen and oxygen atoms in total. The number of carbonyl (C=O) groups excluding carboxylic acids is 1. The Hall–Kier alpha value is -2.43. The Balaban J connectivity index is 1.67. The Labute approximate surface area is 135 Å². The predicted octanol–water partition coefficient (Wildman–Crippen LogP) is 2.78. The number of amides is 1. The monoisotopic (exact) mass is 309 g/mol. The Kier molecular flexibility index (Phi) is 3.48. The van der Waals surface area contributed by atoms with Crippen molar-refractivity contribution in [2.24, 2.45) is 5.92 Å². The normalized spacial score (nSPS) is 22.4. The van der Waals surface area contributed by atoms with Crippen LogP contribution in [-0.4, -0.2) is 40.5 Å². The highest BCUT2D eigenvalue weighted by molar-refractivity contribution is 6.00. The fourth-order valence-corrected chi connectivity index (χ4v) is 3.78. The van der Waals surface area contributed by atoms with Crippen molar-refractivity contribution in [1.82, 2.24) is 14.9 Å². The molecule has 2 aromatic rings. The van der Waals surface area contributed by atoms with Gasteiger partial charge in [-0.15, -0.1) is 0 Å². The molecule has 23 heavy (non-hydrogen) atoms. The standard InChI is InChI=1S/C18H19N3O2/c1-23-16-7-5-13(10-20-16)17-15(3-2-8-19-17)18(22)21-11-12-4-6-14(21)9-12/h2-3,5,7-8,10,12,14H,4,6,9,11H2,1H3/t12-,14+/m1/s1. The SMILES string of the molecule is COc1ccc(-c2ncccc2C(=O)N2C[C@@H]3CC[C@H]2C3)cn1. The van der Waals surface area contributed by atoms with Gasteiger partial charge < -0.3 is 9.64 Å². The van der Waals surface area contributed by atoms with Gasteiger partial charge in [0.25, 0.3) is 5.91 Å². The summed E-state index contributed by atoms with van der Waals surface area (Å²) in [4.78, 5) is 23.7. The van der Waals surface area contributed by atoms with Crippen LogP contribution in [-0.2, 0) is 0 Å². The van der Waals surface area contributed by atoms with Gasteiger partial charge in [-0.05, 0) is 43.4 Å². The summed E-state index contributed by atoms with van der Waals surface area (Å²) in [6.07, 6.45) is 6.97. The molecular weight excluding hydrogens is 290 g/mol. The van der Waals surface area contributed by atoms with E-state index >= 15 is 0 Å². The van der Waals surface area contributed by atoms with E-state index in [9.17, 15) is 4.79 Å². The number of methoxy groups -OCH3 is 1. The molecule has 2 aliphatic rings. The number of rotatable bonds is 3. The zero-order valence-corrected chi connectivity index (χ0v) is 13.1. The van der Waals surface area contributed by atoms with Crippen LogP contribution in [0.25, 0.3) is 11.3 Å². The second-order valence-corrected chi connectivity index (χ2v) is 6.28. The lowest BCUT2D eigenvalue weighted by Crippen LogP contribution is -2.37. The number of pyridine rings is 2. The first-order valence-corrected chi connectivity index (χ1v) is 8.02. The molecule has 0 aromatic carbocycles. The van der Waals surface area contributed by atoms with Crippen molar-refractivity contribution in [3.63, 3.8) is 0 Å². The summed E-state index contributed by atoms with van der Waals surface area (Å²) in [6.45, 7) is 0.888. The lowest BCUT2D eigenvalue weighted by atomic mass is 10.0.